The maximum atomic E-state index is 12.4. The van der Waals surface area contributed by atoms with Gasteiger partial charge in [0.05, 0.1) is 5.75 Å². The standard InChI is InChI=1S/C15H21N3O5S/c1-3-24(22,23)17(2)11-7-9-18(10-8-11)14(19)12-5-4-6-13(16-12)15(20)21/h4-6,11H,3,7-10H2,1-2H3,(H,20,21). The van der Waals surface area contributed by atoms with E-state index in [2.05, 4.69) is 4.98 Å². The Balaban J connectivity index is 2.03. The van der Waals surface area contributed by atoms with Crippen molar-refractivity contribution in [2.24, 2.45) is 0 Å². The molecule has 1 fully saturated rings. The van der Waals surface area contributed by atoms with E-state index in [1.807, 2.05) is 0 Å². The molecular formula is C15H21N3O5S. The van der Waals surface area contributed by atoms with Gasteiger partial charge in [-0.1, -0.05) is 6.07 Å². The van der Waals surface area contributed by atoms with Gasteiger partial charge in [0.1, 0.15) is 11.4 Å². The summed E-state index contributed by atoms with van der Waals surface area (Å²) in [6.45, 7) is 2.42. The Morgan fingerprint density at radius 3 is 2.42 bits per heavy atom. The number of carboxylic acids is 1. The van der Waals surface area contributed by atoms with Crippen LogP contribution in [0.4, 0.5) is 0 Å². The Hall–Kier alpha value is -2.00. The quantitative estimate of drug-likeness (QED) is 0.831. The number of aromatic nitrogens is 1. The average Bonchev–Trinajstić information content (AvgIpc) is 2.60. The second-order valence-electron chi connectivity index (χ2n) is 5.65. The summed E-state index contributed by atoms with van der Waals surface area (Å²) in [4.78, 5) is 28.8. The maximum Gasteiger partial charge on any atom is 0.354 e. The zero-order valence-electron chi connectivity index (χ0n) is 13.7. The molecule has 8 nitrogen and oxygen atoms in total. The predicted molar refractivity (Wildman–Crippen MR) is 87.3 cm³/mol. The van der Waals surface area contributed by atoms with Gasteiger partial charge in [-0.25, -0.2) is 22.5 Å². The fourth-order valence-corrected chi connectivity index (χ4v) is 3.77. The molecule has 1 aromatic heterocycles. The topological polar surface area (TPSA) is 108 Å². The van der Waals surface area contributed by atoms with Gasteiger partial charge in [-0.05, 0) is 31.9 Å². The molecule has 0 unspecified atom stereocenters. The molecule has 0 saturated carbocycles. The number of hydrogen-bond donors (Lipinski definition) is 1. The minimum atomic E-state index is -3.25. The first-order chi connectivity index (χ1) is 11.3. The van der Waals surface area contributed by atoms with Crippen molar-refractivity contribution in [3.8, 4) is 0 Å². The number of nitrogens with zero attached hydrogens (tertiary/aromatic N) is 3. The van der Waals surface area contributed by atoms with Gasteiger partial charge in [-0.2, -0.15) is 0 Å². The molecule has 0 bridgehead atoms. The number of likely N-dealkylation sites (tertiary alicyclic amines) is 1. The number of aromatic carboxylic acids is 1. The lowest BCUT2D eigenvalue weighted by atomic mass is 10.0. The average molecular weight is 355 g/mol. The molecule has 1 saturated heterocycles. The minimum Gasteiger partial charge on any atom is -0.477 e. The summed E-state index contributed by atoms with van der Waals surface area (Å²) in [6.07, 6.45) is 1.08. The molecule has 0 radical (unpaired) electrons. The van der Waals surface area contributed by atoms with Crippen molar-refractivity contribution in [3.05, 3.63) is 29.6 Å². The molecule has 2 heterocycles. The molecule has 0 aromatic carbocycles. The first-order valence-electron chi connectivity index (χ1n) is 7.71. The van der Waals surface area contributed by atoms with Gasteiger partial charge < -0.3 is 10.0 Å². The van der Waals surface area contributed by atoms with E-state index in [1.54, 1.807) is 18.9 Å². The third-order valence-electron chi connectivity index (χ3n) is 4.26. The molecule has 132 valence electrons. The highest BCUT2D eigenvalue weighted by Crippen LogP contribution is 2.19. The highest BCUT2D eigenvalue weighted by Gasteiger charge is 2.30. The van der Waals surface area contributed by atoms with Crippen molar-refractivity contribution in [2.75, 3.05) is 25.9 Å². The lowest BCUT2D eigenvalue weighted by Crippen LogP contribution is -2.47. The van der Waals surface area contributed by atoms with Gasteiger partial charge in [0.15, 0.2) is 0 Å². The van der Waals surface area contributed by atoms with E-state index in [4.69, 9.17) is 5.11 Å². The predicted octanol–water partition coefficient (Wildman–Crippen LogP) is 0.666. The summed E-state index contributed by atoms with van der Waals surface area (Å²) in [5.41, 5.74) is -0.0904. The Morgan fingerprint density at radius 1 is 1.29 bits per heavy atom. The van der Waals surface area contributed by atoms with Gasteiger partial charge >= 0.3 is 5.97 Å². The van der Waals surface area contributed by atoms with Crippen molar-refractivity contribution >= 4 is 21.9 Å². The number of amides is 1. The van der Waals surface area contributed by atoms with Crippen LogP contribution in [0, 0.1) is 0 Å². The van der Waals surface area contributed by atoms with E-state index >= 15 is 0 Å². The van der Waals surface area contributed by atoms with Crippen LogP contribution in [0.3, 0.4) is 0 Å². The highest BCUT2D eigenvalue weighted by atomic mass is 32.2. The summed E-state index contributed by atoms with van der Waals surface area (Å²) in [6, 6.07) is 4.17. The molecule has 0 aliphatic carbocycles. The summed E-state index contributed by atoms with van der Waals surface area (Å²) < 4.78 is 25.2. The van der Waals surface area contributed by atoms with E-state index in [1.165, 1.54) is 22.5 Å². The van der Waals surface area contributed by atoms with Crippen LogP contribution in [0.15, 0.2) is 18.2 Å². The van der Waals surface area contributed by atoms with Gasteiger partial charge in [0.2, 0.25) is 10.0 Å². The first-order valence-corrected chi connectivity index (χ1v) is 9.32. The van der Waals surface area contributed by atoms with Crippen molar-refractivity contribution in [3.63, 3.8) is 0 Å². The molecule has 24 heavy (non-hydrogen) atoms. The van der Waals surface area contributed by atoms with E-state index in [0.717, 1.165) is 0 Å². The Labute approximate surface area is 141 Å². The summed E-state index contributed by atoms with van der Waals surface area (Å²) in [7, 11) is -1.68. The number of carbonyl (C=O) groups is 2. The zero-order chi connectivity index (χ0) is 17.9. The van der Waals surface area contributed by atoms with E-state index < -0.39 is 16.0 Å². The summed E-state index contributed by atoms with van der Waals surface area (Å²) >= 11 is 0. The highest BCUT2D eigenvalue weighted by molar-refractivity contribution is 7.89. The van der Waals surface area contributed by atoms with Crippen LogP contribution >= 0.6 is 0 Å². The summed E-state index contributed by atoms with van der Waals surface area (Å²) in [5, 5.41) is 8.95. The zero-order valence-corrected chi connectivity index (χ0v) is 14.5. The Morgan fingerprint density at radius 2 is 1.88 bits per heavy atom. The largest absolute Gasteiger partial charge is 0.477 e. The molecular weight excluding hydrogens is 334 g/mol. The van der Waals surface area contributed by atoms with Crippen molar-refractivity contribution in [1.82, 2.24) is 14.2 Å². The van der Waals surface area contributed by atoms with Crippen molar-refractivity contribution in [2.45, 2.75) is 25.8 Å². The van der Waals surface area contributed by atoms with Crippen LogP contribution in [0.2, 0.25) is 0 Å². The number of hydrogen-bond acceptors (Lipinski definition) is 5. The number of rotatable bonds is 5. The third-order valence-corrected chi connectivity index (χ3v) is 6.16. The molecule has 1 aliphatic rings. The molecule has 9 heteroatoms. The fraction of sp³-hybridized carbons (Fsp3) is 0.533. The van der Waals surface area contributed by atoms with E-state index in [-0.39, 0.29) is 29.1 Å². The lowest BCUT2D eigenvalue weighted by Gasteiger charge is -2.35. The van der Waals surface area contributed by atoms with Gasteiger partial charge in [-0.15, -0.1) is 0 Å². The van der Waals surface area contributed by atoms with Crippen LogP contribution in [-0.2, 0) is 10.0 Å². The van der Waals surface area contributed by atoms with Crippen LogP contribution < -0.4 is 0 Å². The molecule has 1 aromatic rings. The first kappa shape index (κ1) is 18.3. The summed E-state index contributed by atoms with van der Waals surface area (Å²) in [5.74, 6) is -1.47. The monoisotopic (exact) mass is 355 g/mol. The molecule has 1 amide bonds. The minimum absolute atomic E-state index is 0.0501. The van der Waals surface area contributed by atoms with Crippen LogP contribution in [-0.4, -0.2) is 71.5 Å². The fourth-order valence-electron chi connectivity index (χ4n) is 2.70. The van der Waals surface area contributed by atoms with Crippen LogP contribution in [0.1, 0.15) is 40.7 Å². The smallest absolute Gasteiger partial charge is 0.354 e. The van der Waals surface area contributed by atoms with E-state index in [0.29, 0.717) is 25.9 Å². The van der Waals surface area contributed by atoms with Gasteiger partial charge in [0.25, 0.3) is 5.91 Å². The Bertz CT molecular complexity index is 726. The van der Waals surface area contributed by atoms with Crippen LogP contribution in [0.25, 0.3) is 0 Å². The second-order valence-corrected chi connectivity index (χ2v) is 7.97. The third kappa shape index (κ3) is 3.90. The SMILES string of the molecule is CCS(=O)(=O)N(C)C1CCN(C(=O)c2cccc(C(=O)O)n2)CC1. The van der Waals surface area contributed by atoms with Crippen LogP contribution in [0.5, 0.6) is 0 Å². The van der Waals surface area contributed by atoms with Gasteiger partial charge in [0, 0.05) is 26.2 Å². The number of sulfonamides is 1. The number of carbonyl (C=O) groups excluding carboxylic acids is 1. The molecule has 1 N–H and O–H groups in total. The number of pyridine rings is 1. The second kappa shape index (κ2) is 7.27. The Kier molecular flexibility index (Phi) is 5.55. The van der Waals surface area contributed by atoms with Crippen molar-refractivity contribution < 1.29 is 23.1 Å². The maximum absolute atomic E-state index is 12.4. The van der Waals surface area contributed by atoms with E-state index in [9.17, 15) is 18.0 Å². The molecule has 0 spiro atoms. The molecule has 2 rings (SSSR count). The molecule has 1 aliphatic heterocycles. The van der Waals surface area contributed by atoms with Crippen molar-refractivity contribution in [1.29, 1.82) is 0 Å². The number of carboxylic acid groups (broad SMARTS) is 1. The number of piperidine rings is 1. The lowest BCUT2D eigenvalue weighted by molar-refractivity contribution is 0.0677. The normalized spacial score (nSPS) is 16.4. The van der Waals surface area contributed by atoms with Gasteiger partial charge in [-0.3, -0.25) is 4.79 Å². The molecule has 0 atom stereocenters.